The molecular weight excluding hydrogens is 406 g/mol. The number of anilines is 3. The Hall–Kier alpha value is -2.87. The molecule has 0 atom stereocenters. The van der Waals surface area contributed by atoms with Crippen LogP contribution in [0.4, 0.5) is 17.2 Å². The van der Waals surface area contributed by atoms with Crippen LogP contribution in [0.1, 0.15) is 25.3 Å². The Labute approximate surface area is 188 Å². The summed E-state index contributed by atoms with van der Waals surface area (Å²) in [5.74, 6) is 0.619. The monoisotopic (exact) mass is 437 g/mol. The van der Waals surface area contributed by atoms with Crippen molar-refractivity contribution in [2.75, 3.05) is 61.1 Å². The molecule has 1 saturated heterocycles. The molecule has 1 aromatic carbocycles. The van der Waals surface area contributed by atoms with Crippen LogP contribution in [0.2, 0.25) is 0 Å². The van der Waals surface area contributed by atoms with Crippen molar-refractivity contribution in [3.05, 3.63) is 46.2 Å². The first-order valence-corrected chi connectivity index (χ1v) is 11.5. The van der Waals surface area contributed by atoms with Crippen LogP contribution in [-0.2, 0) is 22.5 Å². The smallest absolute Gasteiger partial charge is 0.267 e. The van der Waals surface area contributed by atoms with Crippen LogP contribution in [0.5, 0.6) is 0 Å². The molecule has 3 heterocycles. The van der Waals surface area contributed by atoms with E-state index in [1.54, 1.807) is 11.0 Å². The lowest BCUT2D eigenvalue weighted by Crippen LogP contribution is -2.37. The summed E-state index contributed by atoms with van der Waals surface area (Å²) in [5.41, 5.74) is 3.42. The van der Waals surface area contributed by atoms with Gasteiger partial charge in [0.2, 0.25) is 5.91 Å². The average Bonchev–Trinajstić information content (AvgIpc) is 3.35. The predicted molar refractivity (Wildman–Crippen MR) is 125 cm³/mol. The van der Waals surface area contributed by atoms with Gasteiger partial charge >= 0.3 is 0 Å². The minimum Gasteiger partial charge on any atom is -0.378 e. The van der Waals surface area contributed by atoms with Crippen LogP contribution in [-0.4, -0.2) is 62.1 Å². The molecule has 8 heteroatoms. The van der Waals surface area contributed by atoms with E-state index in [4.69, 9.17) is 4.74 Å². The number of hydrogen-bond donors (Lipinski definition) is 0. The van der Waals surface area contributed by atoms with Gasteiger partial charge in [0.1, 0.15) is 12.4 Å². The number of amides is 1. The number of morpholine rings is 1. The van der Waals surface area contributed by atoms with Crippen LogP contribution in [0.25, 0.3) is 0 Å². The van der Waals surface area contributed by atoms with E-state index in [-0.39, 0.29) is 18.0 Å². The van der Waals surface area contributed by atoms with Gasteiger partial charge < -0.3 is 19.4 Å². The normalized spacial score (nSPS) is 19.1. The Bertz CT molecular complexity index is 1070. The Morgan fingerprint density at radius 3 is 2.62 bits per heavy atom. The summed E-state index contributed by atoms with van der Waals surface area (Å²) in [5, 5.41) is 4.50. The van der Waals surface area contributed by atoms with E-state index in [1.165, 1.54) is 34.8 Å². The van der Waals surface area contributed by atoms with Gasteiger partial charge in [-0.3, -0.25) is 9.59 Å². The molecule has 0 N–H and O–H groups in total. The number of nitrogens with zero attached hydrogens (tertiary/aromatic N) is 5. The largest absolute Gasteiger partial charge is 0.378 e. The highest BCUT2D eigenvalue weighted by atomic mass is 16.5. The van der Waals surface area contributed by atoms with Crippen molar-refractivity contribution in [2.45, 2.75) is 32.7 Å². The van der Waals surface area contributed by atoms with Crippen molar-refractivity contribution in [2.24, 2.45) is 5.41 Å². The third-order valence-electron chi connectivity index (χ3n) is 6.91. The van der Waals surface area contributed by atoms with Gasteiger partial charge in [0, 0.05) is 56.2 Å². The molecule has 2 fully saturated rings. The SMILES string of the molecule is CN(CC1(C)CC1)c1ccc(=O)n(CC(=O)N2CCc3c(N4CCOCC4)cccc32)n1. The van der Waals surface area contributed by atoms with Crippen LogP contribution in [0, 0.1) is 5.41 Å². The maximum atomic E-state index is 13.2. The molecule has 170 valence electrons. The van der Waals surface area contributed by atoms with Gasteiger partial charge in [-0.15, -0.1) is 0 Å². The molecule has 8 nitrogen and oxygen atoms in total. The molecule has 1 aromatic heterocycles. The minimum atomic E-state index is -0.255. The minimum absolute atomic E-state index is 0.0565. The highest BCUT2D eigenvalue weighted by Gasteiger charge is 2.38. The van der Waals surface area contributed by atoms with E-state index in [1.807, 2.05) is 19.2 Å². The first-order chi connectivity index (χ1) is 15.4. The third-order valence-corrected chi connectivity index (χ3v) is 6.91. The van der Waals surface area contributed by atoms with Crippen LogP contribution in [0.15, 0.2) is 35.1 Å². The van der Waals surface area contributed by atoms with E-state index in [0.717, 1.165) is 50.8 Å². The van der Waals surface area contributed by atoms with Crippen LogP contribution < -0.4 is 20.3 Å². The van der Waals surface area contributed by atoms with Gasteiger partial charge in [0.25, 0.3) is 5.56 Å². The third kappa shape index (κ3) is 4.11. The summed E-state index contributed by atoms with van der Waals surface area (Å²) < 4.78 is 6.78. The fourth-order valence-corrected chi connectivity index (χ4v) is 4.77. The van der Waals surface area contributed by atoms with E-state index in [0.29, 0.717) is 12.0 Å². The highest BCUT2D eigenvalue weighted by Crippen LogP contribution is 2.45. The number of aromatic nitrogens is 2. The molecule has 3 aliphatic rings. The van der Waals surface area contributed by atoms with E-state index < -0.39 is 0 Å². The van der Waals surface area contributed by atoms with Gasteiger partial charge in [-0.25, -0.2) is 4.68 Å². The van der Waals surface area contributed by atoms with Crippen molar-refractivity contribution in [1.29, 1.82) is 0 Å². The number of carbonyl (C=O) groups excluding carboxylic acids is 1. The quantitative estimate of drug-likeness (QED) is 0.688. The van der Waals surface area contributed by atoms with Gasteiger partial charge in [-0.1, -0.05) is 13.0 Å². The first-order valence-electron chi connectivity index (χ1n) is 11.5. The summed E-state index contributed by atoms with van der Waals surface area (Å²) in [6.07, 6.45) is 3.25. The molecule has 0 radical (unpaired) electrons. The van der Waals surface area contributed by atoms with Crippen molar-refractivity contribution >= 4 is 23.1 Å². The molecule has 1 aliphatic carbocycles. The average molecular weight is 438 g/mol. The molecule has 5 rings (SSSR count). The number of hydrogen-bond acceptors (Lipinski definition) is 6. The number of benzene rings is 1. The van der Waals surface area contributed by atoms with Gasteiger partial charge in [-0.05, 0) is 42.9 Å². The molecule has 0 bridgehead atoms. The topological polar surface area (TPSA) is 70.9 Å². The second kappa shape index (κ2) is 8.24. The Balaban J connectivity index is 1.33. The number of fused-ring (bicyclic) bond motifs is 1. The molecule has 1 saturated carbocycles. The lowest BCUT2D eigenvalue weighted by molar-refractivity contribution is -0.119. The fraction of sp³-hybridized carbons (Fsp3) is 0.542. The van der Waals surface area contributed by atoms with E-state index in [9.17, 15) is 9.59 Å². The van der Waals surface area contributed by atoms with E-state index >= 15 is 0 Å². The number of carbonyl (C=O) groups is 1. The Morgan fingerprint density at radius 1 is 1.12 bits per heavy atom. The predicted octanol–water partition coefficient (Wildman–Crippen LogP) is 1.91. The summed E-state index contributed by atoms with van der Waals surface area (Å²) in [6, 6.07) is 9.39. The van der Waals surface area contributed by atoms with Gasteiger partial charge in [0.05, 0.1) is 13.2 Å². The second-order valence-electron chi connectivity index (χ2n) is 9.52. The fourth-order valence-electron chi connectivity index (χ4n) is 4.77. The maximum absolute atomic E-state index is 13.2. The molecule has 2 aromatic rings. The van der Waals surface area contributed by atoms with Crippen LogP contribution in [0.3, 0.4) is 0 Å². The maximum Gasteiger partial charge on any atom is 0.267 e. The number of rotatable bonds is 6. The second-order valence-corrected chi connectivity index (χ2v) is 9.52. The summed E-state index contributed by atoms with van der Waals surface area (Å²) >= 11 is 0. The highest BCUT2D eigenvalue weighted by molar-refractivity contribution is 5.96. The molecule has 0 unspecified atom stereocenters. The molecular formula is C24H31N5O3. The Kier molecular flexibility index (Phi) is 5.41. The van der Waals surface area contributed by atoms with Gasteiger partial charge in [-0.2, -0.15) is 5.10 Å². The summed E-state index contributed by atoms with van der Waals surface area (Å²) in [6.45, 7) is 6.91. The zero-order chi connectivity index (χ0) is 22.3. The summed E-state index contributed by atoms with van der Waals surface area (Å²) in [4.78, 5) is 31.9. The first kappa shape index (κ1) is 21.0. The zero-order valence-corrected chi connectivity index (χ0v) is 18.9. The van der Waals surface area contributed by atoms with Crippen molar-refractivity contribution in [3.63, 3.8) is 0 Å². The van der Waals surface area contributed by atoms with Crippen molar-refractivity contribution < 1.29 is 9.53 Å². The zero-order valence-electron chi connectivity index (χ0n) is 18.9. The summed E-state index contributed by atoms with van der Waals surface area (Å²) in [7, 11) is 1.99. The van der Waals surface area contributed by atoms with Crippen molar-refractivity contribution in [3.8, 4) is 0 Å². The molecule has 0 spiro atoms. The lowest BCUT2D eigenvalue weighted by atomic mass is 10.1. The molecule has 1 amide bonds. The van der Waals surface area contributed by atoms with Crippen LogP contribution >= 0.6 is 0 Å². The lowest BCUT2D eigenvalue weighted by Gasteiger charge is -2.30. The number of ether oxygens (including phenoxy) is 1. The standard InChI is InChI=1S/C24H31N5O3/c1-24(9-10-24)17-26(2)21-6-7-22(30)29(25-21)16-23(31)28-11-8-18-19(4-3-5-20(18)28)27-12-14-32-15-13-27/h3-7H,8-17H2,1-2H3. The van der Waals surface area contributed by atoms with E-state index in [2.05, 4.69) is 27.9 Å². The van der Waals surface area contributed by atoms with Gasteiger partial charge in [0.15, 0.2) is 0 Å². The Morgan fingerprint density at radius 2 is 1.88 bits per heavy atom. The molecule has 32 heavy (non-hydrogen) atoms. The molecule has 2 aliphatic heterocycles. The van der Waals surface area contributed by atoms with Crippen molar-refractivity contribution in [1.82, 2.24) is 9.78 Å².